The number of imidazole rings is 1. The summed E-state index contributed by atoms with van der Waals surface area (Å²) < 4.78 is 2.09. The Labute approximate surface area is 196 Å². The van der Waals surface area contributed by atoms with Gasteiger partial charge >= 0.3 is 0 Å². The van der Waals surface area contributed by atoms with Crippen LogP contribution in [0.5, 0.6) is 0 Å². The van der Waals surface area contributed by atoms with Gasteiger partial charge in [-0.2, -0.15) is 4.98 Å². The zero-order valence-corrected chi connectivity index (χ0v) is 20.6. The number of aromatic nitrogens is 4. The van der Waals surface area contributed by atoms with Crippen LogP contribution < -0.4 is 5.32 Å². The van der Waals surface area contributed by atoms with E-state index in [4.69, 9.17) is 23.2 Å². The quantitative estimate of drug-likeness (QED) is 0.169. The maximum atomic E-state index is 11.1. The van der Waals surface area contributed by atoms with E-state index in [1.54, 1.807) is 7.05 Å². The van der Waals surface area contributed by atoms with Gasteiger partial charge in [0.15, 0.2) is 10.8 Å². The van der Waals surface area contributed by atoms with E-state index in [9.17, 15) is 4.79 Å². The van der Waals surface area contributed by atoms with Crippen LogP contribution in [0.3, 0.4) is 0 Å². The molecule has 0 aromatic carbocycles. The highest BCUT2D eigenvalue weighted by molar-refractivity contribution is 6.35. The predicted octanol–water partition coefficient (Wildman–Crippen LogP) is 6.65. The van der Waals surface area contributed by atoms with Crippen molar-refractivity contribution < 1.29 is 4.79 Å². The number of carbonyl (C=O) groups is 1. The minimum absolute atomic E-state index is 0.162. The maximum absolute atomic E-state index is 11.1. The number of nitrogens with zero attached hydrogens (tertiary/aromatic N) is 4. The summed E-state index contributed by atoms with van der Waals surface area (Å²) in [5.41, 5.74) is 1.36. The number of amides is 1. The minimum Gasteiger partial charge on any atom is -0.359 e. The van der Waals surface area contributed by atoms with Crippen molar-refractivity contribution in [3.8, 4) is 0 Å². The fourth-order valence-corrected chi connectivity index (χ4v) is 4.36. The molecular weight excluding hydrogens is 433 g/mol. The van der Waals surface area contributed by atoms with Crippen LogP contribution in [-0.2, 0) is 11.3 Å². The molecule has 0 fully saturated rings. The Morgan fingerprint density at radius 3 is 1.87 bits per heavy atom. The van der Waals surface area contributed by atoms with E-state index in [0.29, 0.717) is 17.1 Å². The Balaban J connectivity index is 1.45. The third-order valence-electron chi connectivity index (χ3n) is 5.78. The number of aryl methyl sites for hydroxylation is 2. The number of nitrogens with one attached hydrogen (secondary N) is 1. The molecule has 0 saturated carbocycles. The van der Waals surface area contributed by atoms with Crippen molar-refractivity contribution in [2.75, 3.05) is 7.05 Å². The van der Waals surface area contributed by atoms with Crippen molar-refractivity contribution in [1.82, 2.24) is 24.8 Å². The van der Waals surface area contributed by atoms with Crippen molar-refractivity contribution in [1.29, 1.82) is 0 Å². The highest BCUT2D eigenvalue weighted by Gasteiger charge is 2.13. The Bertz CT molecular complexity index is 809. The normalized spacial score (nSPS) is 11.4. The number of carbonyl (C=O) groups excluding carboxylic acids is 1. The van der Waals surface area contributed by atoms with E-state index in [2.05, 4.69) is 24.8 Å². The number of hydrogen-bond donors (Lipinski definition) is 1. The molecule has 0 radical (unpaired) electrons. The standard InChI is InChI=1S/C23H37Cl2N5O/c1-18-27-20-21(24)28-23(25)29-22(20)30(18)17-15-13-11-9-7-5-3-4-6-8-10-12-14-16-19(31)26-2/h3-17H2,1-2H3,(H,26,31). The first kappa shape index (κ1) is 25.9. The van der Waals surface area contributed by atoms with Crippen molar-refractivity contribution in [2.45, 2.75) is 103 Å². The number of halogens is 2. The molecule has 31 heavy (non-hydrogen) atoms. The molecule has 0 aliphatic rings. The third-order valence-corrected chi connectivity index (χ3v) is 6.21. The second-order valence-corrected chi connectivity index (χ2v) is 8.98. The lowest BCUT2D eigenvalue weighted by molar-refractivity contribution is -0.120. The summed E-state index contributed by atoms with van der Waals surface area (Å²) >= 11 is 12.1. The maximum Gasteiger partial charge on any atom is 0.225 e. The van der Waals surface area contributed by atoms with Crippen molar-refractivity contribution in [2.24, 2.45) is 0 Å². The van der Waals surface area contributed by atoms with Gasteiger partial charge in [0.1, 0.15) is 11.3 Å². The lowest BCUT2D eigenvalue weighted by Crippen LogP contribution is -2.16. The van der Waals surface area contributed by atoms with Gasteiger partial charge in [0.2, 0.25) is 11.2 Å². The summed E-state index contributed by atoms with van der Waals surface area (Å²) in [4.78, 5) is 23.9. The monoisotopic (exact) mass is 469 g/mol. The lowest BCUT2D eigenvalue weighted by Gasteiger charge is -2.07. The van der Waals surface area contributed by atoms with Gasteiger partial charge in [-0.05, 0) is 31.4 Å². The van der Waals surface area contributed by atoms with Crippen molar-refractivity contribution in [3.63, 3.8) is 0 Å². The first-order chi connectivity index (χ1) is 15.0. The van der Waals surface area contributed by atoms with Gasteiger partial charge in [-0.25, -0.2) is 9.97 Å². The van der Waals surface area contributed by atoms with Gasteiger partial charge in [-0.3, -0.25) is 4.79 Å². The number of rotatable bonds is 16. The minimum atomic E-state index is 0.162. The molecule has 0 unspecified atom stereocenters. The molecule has 2 rings (SSSR count). The fraction of sp³-hybridized carbons (Fsp3) is 0.739. The van der Waals surface area contributed by atoms with Crippen LogP contribution in [-0.4, -0.2) is 32.5 Å². The fourth-order valence-electron chi connectivity index (χ4n) is 3.94. The Morgan fingerprint density at radius 2 is 1.32 bits per heavy atom. The van der Waals surface area contributed by atoms with Crippen molar-refractivity contribution >= 4 is 40.3 Å². The van der Waals surface area contributed by atoms with E-state index >= 15 is 0 Å². The van der Waals surface area contributed by atoms with Crippen LogP contribution in [0.25, 0.3) is 11.2 Å². The third kappa shape index (κ3) is 9.32. The molecule has 0 atom stereocenters. The predicted molar refractivity (Wildman–Crippen MR) is 129 cm³/mol. The van der Waals surface area contributed by atoms with Crippen LogP contribution >= 0.6 is 23.2 Å². The van der Waals surface area contributed by atoms with Crippen LogP contribution in [0.4, 0.5) is 0 Å². The molecule has 1 N–H and O–H groups in total. The first-order valence-corrected chi connectivity index (χ1v) is 12.5. The van der Waals surface area contributed by atoms with E-state index in [1.807, 2.05) is 6.92 Å². The van der Waals surface area contributed by atoms with Crippen LogP contribution in [0.15, 0.2) is 0 Å². The molecule has 2 aromatic heterocycles. The average Bonchev–Trinajstić information content (AvgIpc) is 3.06. The molecule has 0 spiro atoms. The first-order valence-electron chi connectivity index (χ1n) is 11.8. The van der Waals surface area contributed by atoms with Gasteiger partial charge < -0.3 is 9.88 Å². The van der Waals surface area contributed by atoms with E-state index < -0.39 is 0 Å². The molecule has 6 nitrogen and oxygen atoms in total. The van der Waals surface area contributed by atoms with E-state index in [1.165, 1.54) is 70.6 Å². The molecule has 174 valence electrons. The Morgan fingerprint density at radius 1 is 0.806 bits per heavy atom. The second kappa shape index (κ2) is 14.6. The van der Waals surface area contributed by atoms with Crippen LogP contribution in [0.2, 0.25) is 10.4 Å². The van der Waals surface area contributed by atoms with Gasteiger partial charge in [-0.15, -0.1) is 0 Å². The summed E-state index contributed by atoms with van der Waals surface area (Å²) in [5, 5.41) is 3.16. The molecule has 0 aliphatic carbocycles. The summed E-state index contributed by atoms with van der Waals surface area (Å²) in [6.07, 6.45) is 17.0. The highest BCUT2D eigenvalue weighted by Crippen LogP contribution is 2.23. The second-order valence-electron chi connectivity index (χ2n) is 8.29. The van der Waals surface area contributed by atoms with Gasteiger partial charge in [0.25, 0.3) is 0 Å². The molecule has 0 aliphatic heterocycles. The molecule has 0 saturated heterocycles. The Hall–Kier alpha value is -1.40. The largest absolute Gasteiger partial charge is 0.359 e. The van der Waals surface area contributed by atoms with E-state index in [-0.39, 0.29) is 11.2 Å². The van der Waals surface area contributed by atoms with Crippen molar-refractivity contribution in [3.05, 3.63) is 16.3 Å². The lowest BCUT2D eigenvalue weighted by atomic mass is 10.0. The summed E-state index contributed by atoms with van der Waals surface area (Å²) in [6, 6.07) is 0. The van der Waals surface area contributed by atoms with Gasteiger partial charge in [-0.1, -0.05) is 82.2 Å². The summed E-state index contributed by atoms with van der Waals surface area (Å²) in [5.74, 6) is 1.06. The molecule has 0 bridgehead atoms. The zero-order valence-electron chi connectivity index (χ0n) is 19.1. The molecule has 2 aromatic rings. The smallest absolute Gasteiger partial charge is 0.225 e. The Kier molecular flexibility index (Phi) is 12.2. The van der Waals surface area contributed by atoms with Crippen LogP contribution in [0.1, 0.15) is 95.7 Å². The van der Waals surface area contributed by atoms with Crippen LogP contribution in [0, 0.1) is 6.92 Å². The van der Waals surface area contributed by atoms with E-state index in [0.717, 1.165) is 30.9 Å². The molecule has 1 amide bonds. The number of fused-ring (bicyclic) bond motifs is 1. The molecular formula is C23H37Cl2N5O. The SMILES string of the molecule is CNC(=O)CCCCCCCCCCCCCCCn1c(C)nc2c(Cl)nc(Cl)nc21. The average molecular weight is 470 g/mol. The summed E-state index contributed by atoms with van der Waals surface area (Å²) in [7, 11) is 1.70. The highest BCUT2D eigenvalue weighted by atomic mass is 35.5. The zero-order chi connectivity index (χ0) is 22.5. The topological polar surface area (TPSA) is 72.7 Å². The number of hydrogen-bond acceptors (Lipinski definition) is 4. The van der Waals surface area contributed by atoms with Gasteiger partial charge in [0.05, 0.1) is 0 Å². The molecule has 8 heteroatoms. The molecule has 2 heterocycles. The van der Waals surface area contributed by atoms with Gasteiger partial charge in [0, 0.05) is 20.0 Å². The number of unbranched alkanes of at least 4 members (excludes halogenated alkanes) is 12. The summed E-state index contributed by atoms with van der Waals surface area (Å²) in [6.45, 7) is 2.85.